The molecule has 9 heteroatoms. The second-order valence-electron chi connectivity index (χ2n) is 5.95. The van der Waals surface area contributed by atoms with Crippen LogP contribution in [0.3, 0.4) is 0 Å². The van der Waals surface area contributed by atoms with Crippen molar-refractivity contribution in [3.05, 3.63) is 71.4 Å². The van der Waals surface area contributed by atoms with Crippen molar-refractivity contribution in [2.24, 2.45) is 0 Å². The minimum absolute atomic E-state index is 0.0702. The Bertz CT molecular complexity index is 938. The Morgan fingerprint density at radius 1 is 1.25 bits per heavy atom. The topological polar surface area (TPSA) is 47.6 Å². The number of halogens is 4. The molecule has 0 unspecified atom stereocenters. The average molecular weight is 413 g/mol. The average Bonchev–Trinajstić information content (AvgIpc) is 3.33. The number of alkyl halides is 3. The van der Waals surface area contributed by atoms with Crippen molar-refractivity contribution < 1.29 is 27.1 Å². The Kier molecular flexibility index (Phi) is 5.69. The maximum absolute atomic E-state index is 13.0. The zero-order chi connectivity index (χ0) is 20.3. The smallest absolute Gasteiger partial charge is 0.406 e. The molecule has 3 aromatic rings. The van der Waals surface area contributed by atoms with Gasteiger partial charge in [0, 0.05) is 18.5 Å². The van der Waals surface area contributed by atoms with Crippen LogP contribution in [-0.2, 0) is 6.54 Å². The number of furan rings is 1. The second-order valence-corrected chi connectivity index (χ2v) is 6.36. The number of carbonyl (C=O) groups is 1. The van der Waals surface area contributed by atoms with Crippen LogP contribution < -0.4 is 4.74 Å². The highest BCUT2D eigenvalue weighted by molar-refractivity contribution is 6.33. The van der Waals surface area contributed by atoms with Crippen LogP contribution in [0.5, 0.6) is 5.75 Å². The minimum Gasteiger partial charge on any atom is -0.496 e. The van der Waals surface area contributed by atoms with Crippen molar-refractivity contribution in [3.8, 4) is 11.4 Å². The summed E-state index contributed by atoms with van der Waals surface area (Å²) in [6.07, 6.45) is 0.239. The van der Waals surface area contributed by atoms with E-state index in [4.69, 9.17) is 20.8 Å². The summed E-state index contributed by atoms with van der Waals surface area (Å²) in [6, 6.07) is 9.43. The van der Waals surface area contributed by atoms with Crippen LogP contribution >= 0.6 is 11.6 Å². The zero-order valence-electron chi connectivity index (χ0n) is 14.7. The molecular formula is C19H16ClF3N2O3. The Labute approximate surface area is 163 Å². The van der Waals surface area contributed by atoms with Crippen LogP contribution in [0.15, 0.2) is 59.5 Å². The summed E-state index contributed by atoms with van der Waals surface area (Å²) in [6.45, 7) is -1.78. The molecule has 5 nitrogen and oxygen atoms in total. The van der Waals surface area contributed by atoms with E-state index in [9.17, 15) is 18.0 Å². The fourth-order valence-electron chi connectivity index (χ4n) is 2.75. The number of ether oxygens (including phenoxy) is 1. The summed E-state index contributed by atoms with van der Waals surface area (Å²) < 4.78 is 51.2. The quantitative estimate of drug-likeness (QED) is 0.576. The molecular weight excluding hydrogens is 397 g/mol. The Morgan fingerprint density at radius 2 is 1.96 bits per heavy atom. The Balaban J connectivity index is 1.98. The largest absolute Gasteiger partial charge is 0.496 e. The molecule has 2 aromatic heterocycles. The summed E-state index contributed by atoms with van der Waals surface area (Å²) in [4.78, 5) is 13.6. The molecule has 0 aliphatic carbocycles. The number of amides is 1. The van der Waals surface area contributed by atoms with Gasteiger partial charge in [0.15, 0.2) is 0 Å². The van der Waals surface area contributed by atoms with Crippen molar-refractivity contribution in [2.45, 2.75) is 12.7 Å². The van der Waals surface area contributed by atoms with E-state index in [1.54, 1.807) is 29.1 Å². The van der Waals surface area contributed by atoms with E-state index in [0.29, 0.717) is 10.6 Å². The molecule has 1 amide bonds. The third-order valence-corrected chi connectivity index (χ3v) is 4.27. The molecule has 0 atom stereocenters. The van der Waals surface area contributed by atoms with Gasteiger partial charge in [-0.25, -0.2) is 0 Å². The van der Waals surface area contributed by atoms with Crippen molar-refractivity contribution in [3.63, 3.8) is 0 Å². The maximum Gasteiger partial charge on any atom is 0.406 e. The number of carbonyl (C=O) groups excluding carboxylic acids is 1. The number of aromatic nitrogens is 1. The predicted molar refractivity (Wildman–Crippen MR) is 96.8 cm³/mol. The van der Waals surface area contributed by atoms with E-state index in [1.807, 2.05) is 0 Å². The van der Waals surface area contributed by atoms with Gasteiger partial charge in [-0.05, 0) is 30.3 Å². The van der Waals surface area contributed by atoms with Gasteiger partial charge in [-0.2, -0.15) is 13.2 Å². The first-order valence-corrected chi connectivity index (χ1v) is 8.55. The lowest BCUT2D eigenvalue weighted by molar-refractivity contribution is -0.142. The van der Waals surface area contributed by atoms with Gasteiger partial charge in [0.25, 0.3) is 5.91 Å². The molecule has 1 aromatic carbocycles. The van der Waals surface area contributed by atoms with Gasteiger partial charge in [0.1, 0.15) is 18.1 Å². The number of hydrogen-bond donors (Lipinski definition) is 0. The molecule has 0 radical (unpaired) electrons. The monoisotopic (exact) mass is 412 g/mol. The van der Waals surface area contributed by atoms with Gasteiger partial charge in [0.2, 0.25) is 0 Å². The molecule has 28 heavy (non-hydrogen) atoms. The molecule has 0 aliphatic rings. The summed E-state index contributed by atoms with van der Waals surface area (Å²) >= 11 is 6.29. The normalized spacial score (nSPS) is 11.5. The van der Waals surface area contributed by atoms with Crippen LogP contribution in [0.25, 0.3) is 5.69 Å². The number of methoxy groups -OCH3 is 1. The van der Waals surface area contributed by atoms with Crippen molar-refractivity contribution in [1.82, 2.24) is 9.47 Å². The molecule has 0 bridgehead atoms. The van der Waals surface area contributed by atoms with Gasteiger partial charge >= 0.3 is 6.18 Å². The van der Waals surface area contributed by atoms with Gasteiger partial charge < -0.3 is 18.6 Å². The van der Waals surface area contributed by atoms with Crippen LogP contribution in [0, 0.1) is 0 Å². The van der Waals surface area contributed by atoms with Gasteiger partial charge in [0.05, 0.1) is 36.2 Å². The third kappa shape index (κ3) is 4.51. The van der Waals surface area contributed by atoms with Crippen LogP contribution in [0.1, 0.15) is 16.1 Å². The predicted octanol–water partition coefficient (Wildman–Crippen LogP) is 4.94. The molecule has 0 N–H and O–H groups in total. The third-order valence-electron chi connectivity index (χ3n) is 3.97. The highest BCUT2D eigenvalue weighted by atomic mass is 35.5. The van der Waals surface area contributed by atoms with E-state index in [-0.39, 0.29) is 28.6 Å². The second kappa shape index (κ2) is 8.02. The standard InChI is InChI=1S/C19H16ClF3N2O3/c1-27-17-10-16(24-6-2-3-7-24)15(20)9-14(17)18(26)25(12-19(21,22)23)11-13-5-4-8-28-13/h2-10H,11-12H2,1H3. The van der Waals surface area contributed by atoms with E-state index in [2.05, 4.69) is 0 Å². The van der Waals surface area contributed by atoms with Crippen LogP contribution in [0.4, 0.5) is 13.2 Å². The van der Waals surface area contributed by atoms with Crippen molar-refractivity contribution >= 4 is 17.5 Å². The molecule has 0 fully saturated rings. The molecule has 3 rings (SSSR count). The summed E-state index contributed by atoms with van der Waals surface area (Å²) in [5.41, 5.74) is 0.465. The lowest BCUT2D eigenvalue weighted by Crippen LogP contribution is -2.38. The highest BCUT2D eigenvalue weighted by Gasteiger charge is 2.35. The van der Waals surface area contributed by atoms with Gasteiger partial charge in [-0.3, -0.25) is 4.79 Å². The Hall–Kier alpha value is -2.87. The number of benzene rings is 1. The summed E-state index contributed by atoms with van der Waals surface area (Å²) in [5, 5.41) is 0.199. The fraction of sp³-hybridized carbons (Fsp3) is 0.211. The van der Waals surface area contributed by atoms with E-state index in [1.165, 1.54) is 37.6 Å². The molecule has 0 saturated heterocycles. The lowest BCUT2D eigenvalue weighted by Gasteiger charge is -2.24. The van der Waals surface area contributed by atoms with E-state index in [0.717, 1.165) is 0 Å². The Morgan fingerprint density at radius 3 is 2.54 bits per heavy atom. The number of rotatable bonds is 6. The molecule has 148 valence electrons. The van der Waals surface area contributed by atoms with Crippen LogP contribution in [0.2, 0.25) is 5.02 Å². The molecule has 0 saturated carbocycles. The van der Waals surface area contributed by atoms with Crippen LogP contribution in [-0.4, -0.2) is 35.2 Å². The summed E-state index contributed by atoms with van der Waals surface area (Å²) in [5.74, 6) is -0.525. The van der Waals surface area contributed by atoms with E-state index >= 15 is 0 Å². The van der Waals surface area contributed by atoms with Gasteiger partial charge in [-0.1, -0.05) is 11.6 Å². The SMILES string of the molecule is COc1cc(-n2cccc2)c(Cl)cc1C(=O)N(Cc1ccco1)CC(F)(F)F. The van der Waals surface area contributed by atoms with Crippen molar-refractivity contribution in [1.29, 1.82) is 0 Å². The molecule has 2 heterocycles. The first-order valence-electron chi connectivity index (χ1n) is 8.18. The molecule has 0 aliphatic heterocycles. The fourth-order valence-corrected chi connectivity index (χ4v) is 3.01. The van der Waals surface area contributed by atoms with Gasteiger partial charge in [-0.15, -0.1) is 0 Å². The first kappa shape index (κ1) is 19.9. The first-order chi connectivity index (χ1) is 13.3. The zero-order valence-corrected chi connectivity index (χ0v) is 15.5. The van der Waals surface area contributed by atoms with Crippen molar-refractivity contribution in [2.75, 3.05) is 13.7 Å². The van der Waals surface area contributed by atoms with E-state index < -0.39 is 18.6 Å². The molecule has 0 spiro atoms. The minimum atomic E-state index is -4.58. The highest BCUT2D eigenvalue weighted by Crippen LogP contribution is 2.32. The summed E-state index contributed by atoms with van der Waals surface area (Å²) in [7, 11) is 1.33. The number of nitrogens with zero attached hydrogens (tertiary/aromatic N) is 2. The lowest BCUT2D eigenvalue weighted by atomic mass is 10.1. The maximum atomic E-state index is 13.0. The number of hydrogen-bond acceptors (Lipinski definition) is 3.